The van der Waals surface area contributed by atoms with Crippen molar-refractivity contribution in [2.45, 2.75) is 6.92 Å². The highest BCUT2D eigenvalue weighted by atomic mass is 16.5. The van der Waals surface area contributed by atoms with Crippen molar-refractivity contribution in [2.75, 3.05) is 17.7 Å². The van der Waals surface area contributed by atoms with Gasteiger partial charge in [0.15, 0.2) is 5.65 Å². The van der Waals surface area contributed by atoms with Crippen LogP contribution in [-0.4, -0.2) is 26.9 Å². The number of nitrogens with zero attached hydrogens (tertiary/aromatic N) is 4. The van der Waals surface area contributed by atoms with E-state index in [1.54, 1.807) is 18.0 Å². The van der Waals surface area contributed by atoms with Crippen LogP contribution in [0.5, 0.6) is 5.75 Å². The predicted molar refractivity (Wildman–Crippen MR) is 107 cm³/mol. The van der Waals surface area contributed by atoms with Gasteiger partial charge in [0.25, 0.3) is 0 Å². The molecule has 2 aromatic heterocycles. The minimum Gasteiger partial charge on any atom is -0.495 e. The average Bonchev–Trinajstić information content (AvgIpc) is 3.05. The highest BCUT2D eigenvalue weighted by Gasteiger charge is 2.13. The van der Waals surface area contributed by atoms with Gasteiger partial charge in [0.05, 0.1) is 24.4 Å². The molecule has 0 radical (unpaired) electrons. The first-order valence-electron chi connectivity index (χ1n) is 8.58. The Hall–Kier alpha value is -3.61. The van der Waals surface area contributed by atoms with Gasteiger partial charge < -0.3 is 15.4 Å². The van der Waals surface area contributed by atoms with Crippen LogP contribution in [0.25, 0.3) is 11.0 Å². The summed E-state index contributed by atoms with van der Waals surface area (Å²) in [4.78, 5) is 9.29. The molecule has 7 heteroatoms. The fraction of sp³-hybridized carbons (Fsp3) is 0.150. The largest absolute Gasteiger partial charge is 0.495 e. The van der Waals surface area contributed by atoms with Crippen molar-refractivity contribution in [3.63, 3.8) is 0 Å². The number of para-hydroxylation sites is 3. The molecule has 136 valence electrons. The monoisotopic (exact) mass is 360 g/mol. The van der Waals surface area contributed by atoms with Crippen molar-refractivity contribution in [1.29, 1.82) is 0 Å². The summed E-state index contributed by atoms with van der Waals surface area (Å²) in [5.74, 6) is 1.88. The lowest BCUT2D eigenvalue weighted by Gasteiger charge is -2.13. The molecule has 0 saturated carbocycles. The molecule has 2 N–H and O–H groups in total. The van der Waals surface area contributed by atoms with Crippen LogP contribution >= 0.6 is 0 Å². The Balaban J connectivity index is 1.78. The topological polar surface area (TPSA) is 76.9 Å². The van der Waals surface area contributed by atoms with Crippen LogP contribution in [0.3, 0.4) is 0 Å². The third-order valence-corrected chi connectivity index (χ3v) is 4.34. The second-order valence-corrected chi connectivity index (χ2v) is 6.17. The van der Waals surface area contributed by atoms with Gasteiger partial charge in [0.1, 0.15) is 11.6 Å². The first kappa shape index (κ1) is 16.8. The summed E-state index contributed by atoms with van der Waals surface area (Å²) in [7, 11) is 3.50. The van der Waals surface area contributed by atoms with E-state index in [0.29, 0.717) is 11.8 Å². The minimum absolute atomic E-state index is 0.465. The molecule has 0 spiro atoms. The number of rotatable bonds is 5. The van der Waals surface area contributed by atoms with Crippen LogP contribution in [0.2, 0.25) is 0 Å². The Morgan fingerprint density at radius 3 is 2.44 bits per heavy atom. The van der Waals surface area contributed by atoms with Gasteiger partial charge in [0, 0.05) is 12.7 Å². The number of hydrogen-bond acceptors (Lipinski definition) is 6. The molecule has 7 nitrogen and oxygen atoms in total. The van der Waals surface area contributed by atoms with Crippen LogP contribution in [0.1, 0.15) is 5.56 Å². The summed E-state index contributed by atoms with van der Waals surface area (Å²) in [5.41, 5.74) is 3.65. The highest BCUT2D eigenvalue weighted by molar-refractivity contribution is 5.90. The summed E-state index contributed by atoms with van der Waals surface area (Å²) in [5, 5.41) is 11.8. The molecule has 4 aromatic rings. The van der Waals surface area contributed by atoms with E-state index in [-0.39, 0.29) is 0 Å². The number of aryl methyl sites for hydroxylation is 2. The molecule has 0 saturated heterocycles. The van der Waals surface area contributed by atoms with Crippen LogP contribution in [0.15, 0.2) is 54.7 Å². The average molecular weight is 360 g/mol. The Morgan fingerprint density at radius 1 is 0.926 bits per heavy atom. The number of aromatic nitrogens is 4. The van der Waals surface area contributed by atoms with Gasteiger partial charge in [-0.25, -0.2) is 0 Å². The quantitative estimate of drug-likeness (QED) is 0.556. The molecule has 0 unspecified atom stereocenters. The SMILES string of the molecule is COc1ccccc1Nc1nc(Nc2ccccc2C)c2cnn(C)c2n1. The van der Waals surface area contributed by atoms with Crippen molar-refractivity contribution >= 4 is 34.2 Å². The second-order valence-electron chi connectivity index (χ2n) is 6.17. The summed E-state index contributed by atoms with van der Waals surface area (Å²) in [6.07, 6.45) is 1.77. The Labute approximate surface area is 157 Å². The zero-order chi connectivity index (χ0) is 18.8. The summed E-state index contributed by atoms with van der Waals surface area (Å²) in [6.45, 7) is 2.05. The first-order chi connectivity index (χ1) is 13.2. The third-order valence-electron chi connectivity index (χ3n) is 4.34. The summed E-state index contributed by atoms with van der Waals surface area (Å²) >= 11 is 0. The fourth-order valence-corrected chi connectivity index (χ4v) is 2.88. The summed E-state index contributed by atoms with van der Waals surface area (Å²) < 4.78 is 7.13. The third kappa shape index (κ3) is 3.27. The molecule has 0 aliphatic carbocycles. The first-order valence-corrected chi connectivity index (χ1v) is 8.58. The van der Waals surface area contributed by atoms with E-state index in [4.69, 9.17) is 4.74 Å². The van der Waals surface area contributed by atoms with E-state index < -0.39 is 0 Å². The zero-order valence-electron chi connectivity index (χ0n) is 15.4. The number of nitrogens with one attached hydrogen (secondary N) is 2. The molecule has 0 aliphatic rings. The lowest BCUT2D eigenvalue weighted by atomic mass is 10.2. The number of methoxy groups -OCH3 is 1. The molecular formula is C20H20N6O. The van der Waals surface area contributed by atoms with Gasteiger partial charge in [-0.1, -0.05) is 30.3 Å². The number of hydrogen-bond donors (Lipinski definition) is 2. The van der Waals surface area contributed by atoms with E-state index in [0.717, 1.165) is 33.7 Å². The molecule has 2 aromatic carbocycles. The van der Waals surface area contributed by atoms with Crippen molar-refractivity contribution in [3.05, 3.63) is 60.3 Å². The molecule has 2 heterocycles. The molecule has 27 heavy (non-hydrogen) atoms. The van der Waals surface area contributed by atoms with Crippen LogP contribution < -0.4 is 15.4 Å². The molecule has 0 bridgehead atoms. The Kier molecular flexibility index (Phi) is 4.33. The normalized spacial score (nSPS) is 10.8. The van der Waals surface area contributed by atoms with Crippen LogP contribution in [-0.2, 0) is 7.05 Å². The van der Waals surface area contributed by atoms with E-state index in [1.165, 1.54) is 0 Å². The van der Waals surface area contributed by atoms with Crippen molar-refractivity contribution < 1.29 is 4.74 Å². The van der Waals surface area contributed by atoms with E-state index in [2.05, 4.69) is 38.7 Å². The van der Waals surface area contributed by atoms with Crippen molar-refractivity contribution in [3.8, 4) is 5.75 Å². The molecule has 0 fully saturated rings. The standard InChI is InChI=1S/C20H20N6O/c1-13-8-4-5-9-15(13)22-18-14-12-21-26(2)19(14)25-20(24-18)23-16-10-6-7-11-17(16)27-3/h4-12H,1-3H3,(H2,22,23,24,25). The summed E-state index contributed by atoms with van der Waals surface area (Å²) in [6, 6.07) is 15.7. The van der Waals surface area contributed by atoms with Crippen molar-refractivity contribution in [2.24, 2.45) is 7.05 Å². The zero-order valence-corrected chi connectivity index (χ0v) is 15.4. The maximum absolute atomic E-state index is 5.40. The van der Waals surface area contributed by atoms with E-state index in [9.17, 15) is 0 Å². The molecule has 0 aliphatic heterocycles. The number of anilines is 4. The predicted octanol–water partition coefficient (Wildman–Crippen LogP) is 4.17. The highest BCUT2D eigenvalue weighted by Crippen LogP contribution is 2.29. The number of ether oxygens (including phenoxy) is 1. The lowest BCUT2D eigenvalue weighted by molar-refractivity contribution is 0.417. The molecular weight excluding hydrogens is 340 g/mol. The van der Waals surface area contributed by atoms with Gasteiger partial charge in [-0.3, -0.25) is 4.68 Å². The fourth-order valence-electron chi connectivity index (χ4n) is 2.88. The van der Waals surface area contributed by atoms with Gasteiger partial charge in [-0.15, -0.1) is 0 Å². The lowest BCUT2D eigenvalue weighted by Crippen LogP contribution is -2.04. The van der Waals surface area contributed by atoms with E-state index in [1.807, 2.05) is 49.5 Å². The smallest absolute Gasteiger partial charge is 0.231 e. The molecule has 4 rings (SSSR count). The maximum Gasteiger partial charge on any atom is 0.231 e. The maximum atomic E-state index is 5.40. The van der Waals surface area contributed by atoms with E-state index >= 15 is 0 Å². The number of fused-ring (bicyclic) bond motifs is 1. The van der Waals surface area contributed by atoms with Crippen LogP contribution in [0, 0.1) is 6.92 Å². The van der Waals surface area contributed by atoms with Crippen LogP contribution in [0.4, 0.5) is 23.1 Å². The Bertz CT molecular complexity index is 1100. The Morgan fingerprint density at radius 2 is 1.67 bits per heavy atom. The number of benzene rings is 2. The van der Waals surface area contributed by atoms with Gasteiger partial charge in [-0.2, -0.15) is 15.1 Å². The van der Waals surface area contributed by atoms with Gasteiger partial charge in [-0.05, 0) is 30.7 Å². The molecule has 0 atom stereocenters. The second kappa shape index (κ2) is 6.95. The molecule has 0 amide bonds. The van der Waals surface area contributed by atoms with Gasteiger partial charge in [0.2, 0.25) is 5.95 Å². The minimum atomic E-state index is 0.465. The van der Waals surface area contributed by atoms with Crippen molar-refractivity contribution in [1.82, 2.24) is 19.7 Å². The van der Waals surface area contributed by atoms with Gasteiger partial charge >= 0.3 is 0 Å².